The predicted molar refractivity (Wildman–Crippen MR) is 99.8 cm³/mol. The van der Waals surface area contributed by atoms with Crippen LogP contribution in [0.5, 0.6) is 5.75 Å². The molecule has 0 fully saturated rings. The highest BCUT2D eigenvalue weighted by Gasteiger charge is 2.39. The van der Waals surface area contributed by atoms with Gasteiger partial charge in [-0.05, 0) is 37.6 Å². The summed E-state index contributed by atoms with van der Waals surface area (Å²) < 4.78 is 88.1. The largest absolute Gasteiger partial charge is 0.494 e. The van der Waals surface area contributed by atoms with E-state index in [1.807, 2.05) is 0 Å². The van der Waals surface area contributed by atoms with Crippen LogP contribution in [0.2, 0.25) is 0 Å². The fourth-order valence-corrected chi connectivity index (χ4v) is 3.51. The highest BCUT2D eigenvalue weighted by Crippen LogP contribution is 2.41. The van der Waals surface area contributed by atoms with Crippen LogP contribution < -0.4 is 4.74 Å². The maximum Gasteiger partial charge on any atom is 0.435 e. The van der Waals surface area contributed by atoms with Crippen molar-refractivity contribution >= 4 is 16.6 Å². The number of fused-ring (bicyclic) bond motifs is 3. The smallest absolute Gasteiger partial charge is 0.435 e. The Bertz CT molecular complexity index is 1320. The van der Waals surface area contributed by atoms with E-state index in [1.54, 1.807) is 6.92 Å². The van der Waals surface area contributed by atoms with E-state index < -0.39 is 29.1 Å². The van der Waals surface area contributed by atoms with E-state index in [4.69, 9.17) is 4.74 Å². The zero-order valence-electron chi connectivity index (χ0n) is 16.4. The van der Waals surface area contributed by atoms with E-state index in [0.29, 0.717) is 11.1 Å². The summed E-state index contributed by atoms with van der Waals surface area (Å²) in [6.07, 6.45) is -6.80. The lowest BCUT2D eigenvalue weighted by Crippen LogP contribution is -2.09. The molecule has 0 amide bonds. The maximum atomic E-state index is 13.8. The molecular weight excluding hydrogens is 426 g/mol. The summed E-state index contributed by atoms with van der Waals surface area (Å²) in [6.45, 7) is 2.96. The first-order valence-electron chi connectivity index (χ1n) is 8.89. The van der Waals surface area contributed by atoms with Crippen molar-refractivity contribution < 1.29 is 31.1 Å². The van der Waals surface area contributed by atoms with Crippen LogP contribution in [0.3, 0.4) is 0 Å². The van der Waals surface area contributed by atoms with E-state index >= 15 is 0 Å². The number of alkyl halides is 6. The van der Waals surface area contributed by atoms with Crippen LogP contribution in [0.25, 0.3) is 27.9 Å². The van der Waals surface area contributed by atoms with Gasteiger partial charge in [0.2, 0.25) is 0 Å². The first kappa shape index (κ1) is 20.9. The van der Waals surface area contributed by atoms with Gasteiger partial charge in [0.25, 0.3) is 0 Å². The van der Waals surface area contributed by atoms with E-state index in [0.717, 1.165) is 16.5 Å². The van der Waals surface area contributed by atoms with Crippen molar-refractivity contribution in [2.45, 2.75) is 26.2 Å². The van der Waals surface area contributed by atoms with Gasteiger partial charge in [-0.2, -0.15) is 26.3 Å². The lowest BCUT2D eigenvalue weighted by Gasteiger charge is -2.15. The Labute approximate surface area is 171 Å². The molecule has 1 aromatic carbocycles. The normalized spacial score (nSPS) is 12.7. The lowest BCUT2D eigenvalue weighted by atomic mass is 10.1. The standard InChI is InChI=1S/C20H14F6N4O/c1-9-8-27-5-4-12(9)18-29-17(20(24,25)26)16-10(2)28-15-13(30(16)18)6-11(19(21,22)23)7-14(15)31-3/h4-8H,1-3H3. The number of ether oxygens (including phenoxy) is 1. The molecule has 0 unspecified atom stereocenters. The highest BCUT2D eigenvalue weighted by atomic mass is 19.4. The first-order chi connectivity index (χ1) is 14.4. The Hall–Kier alpha value is -3.37. The Morgan fingerprint density at radius 3 is 2.26 bits per heavy atom. The average Bonchev–Trinajstić information content (AvgIpc) is 3.09. The molecule has 3 aromatic heterocycles. The van der Waals surface area contributed by atoms with E-state index in [2.05, 4.69) is 15.0 Å². The monoisotopic (exact) mass is 440 g/mol. The molecular formula is C20H14F6N4O. The van der Waals surface area contributed by atoms with E-state index in [-0.39, 0.29) is 28.3 Å². The van der Waals surface area contributed by atoms with Crippen molar-refractivity contribution in [2.24, 2.45) is 0 Å². The Kier molecular flexibility index (Phi) is 4.60. The average molecular weight is 440 g/mol. The summed E-state index contributed by atoms with van der Waals surface area (Å²) in [5.41, 5.74) is -2.21. The molecule has 5 nitrogen and oxygen atoms in total. The molecule has 0 N–H and O–H groups in total. The number of imidazole rings is 1. The van der Waals surface area contributed by atoms with Crippen LogP contribution in [0, 0.1) is 13.8 Å². The predicted octanol–water partition coefficient (Wildman–Crippen LogP) is 5.61. The number of benzene rings is 1. The van der Waals surface area contributed by atoms with Crippen molar-refractivity contribution in [2.75, 3.05) is 7.11 Å². The minimum atomic E-state index is -4.85. The molecule has 4 rings (SSSR count). The zero-order chi connectivity index (χ0) is 22.7. The quantitative estimate of drug-likeness (QED) is 0.381. The third-order valence-electron chi connectivity index (χ3n) is 4.87. The Balaban J connectivity index is 2.29. The van der Waals surface area contributed by atoms with Gasteiger partial charge in [0.05, 0.1) is 29.4 Å². The number of hydrogen-bond donors (Lipinski definition) is 0. The van der Waals surface area contributed by atoms with Gasteiger partial charge in [-0.1, -0.05) is 0 Å². The zero-order valence-corrected chi connectivity index (χ0v) is 16.4. The third-order valence-corrected chi connectivity index (χ3v) is 4.87. The molecule has 31 heavy (non-hydrogen) atoms. The van der Waals surface area contributed by atoms with Gasteiger partial charge in [0.15, 0.2) is 5.69 Å². The second-order valence-corrected chi connectivity index (χ2v) is 6.90. The molecule has 0 aliphatic heterocycles. The van der Waals surface area contributed by atoms with Crippen molar-refractivity contribution in [1.29, 1.82) is 0 Å². The number of rotatable bonds is 2. The fourth-order valence-electron chi connectivity index (χ4n) is 3.51. The van der Waals surface area contributed by atoms with Crippen molar-refractivity contribution in [1.82, 2.24) is 19.4 Å². The number of halogens is 6. The molecule has 0 saturated carbocycles. The minimum Gasteiger partial charge on any atom is -0.494 e. The molecule has 4 aromatic rings. The summed E-state index contributed by atoms with van der Waals surface area (Å²) in [6, 6.07) is 2.97. The highest BCUT2D eigenvalue weighted by molar-refractivity contribution is 5.89. The van der Waals surface area contributed by atoms with Gasteiger partial charge in [-0.3, -0.25) is 9.38 Å². The van der Waals surface area contributed by atoms with Crippen LogP contribution in [0.15, 0.2) is 30.6 Å². The van der Waals surface area contributed by atoms with E-state index in [1.165, 1.54) is 32.5 Å². The Morgan fingerprint density at radius 1 is 0.968 bits per heavy atom. The van der Waals surface area contributed by atoms with E-state index in [9.17, 15) is 26.3 Å². The van der Waals surface area contributed by atoms with Gasteiger partial charge in [-0.25, -0.2) is 9.97 Å². The molecule has 3 heterocycles. The molecule has 0 aliphatic carbocycles. The lowest BCUT2D eigenvalue weighted by molar-refractivity contribution is -0.139. The summed E-state index contributed by atoms with van der Waals surface area (Å²) in [5, 5.41) is 0. The number of hydrogen-bond acceptors (Lipinski definition) is 4. The second-order valence-electron chi connectivity index (χ2n) is 6.90. The minimum absolute atomic E-state index is 0.0143. The molecule has 162 valence electrons. The second kappa shape index (κ2) is 6.82. The summed E-state index contributed by atoms with van der Waals surface area (Å²) in [7, 11) is 1.17. The van der Waals surface area contributed by atoms with Crippen molar-refractivity contribution in [3.8, 4) is 17.1 Å². The first-order valence-corrected chi connectivity index (χ1v) is 8.89. The fraction of sp³-hybridized carbons (Fsp3) is 0.250. The number of nitrogens with zero attached hydrogens (tertiary/aromatic N) is 4. The van der Waals surface area contributed by atoms with Crippen molar-refractivity contribution in [3.05, 3.63) is 53.1 Å². The van der Waals surface area contributed by atoms with Crippen LogP contribution in [-0.2, 0) is 12.4 Å². The number of aryl methyl sites for hydroxylation is 2. The number of pyridine rings is 1. The molecule has 0 aliphatic rings. The molecule has 0 spiro atoms. The van der Waals surface area contributed by atoms with Crippen LogP contribution in [0.4, 0.5) is 26.3 Å². The van der Waals surface area contributed by atoms with Gasteiger partial charge < -0.3 is 4.74 Å². The molecule has 0 saturated heterocycles. The molecule has 0 bridgehead atoms. The number of aromatic nitrogens is 4. The summed E-state index contributed by atoms with van der Waals surface area (Å²) in [4.78, 5) is 11.9. The third kappa shape index (κ3) is 3.33. The summed E-state index contributed by atoms with van der Waals surface area (Å²) >= 11 is 0. The molecule has 11 heteroatoms. The van der Waals surface area contributed by atoms with Gasteiger partial charge in [-0.15, -0.1) is 0 Å². The molecule has 0 atom stereocenters. The maximum absolute atomic E-state index is 13.8. The van der Waals surface area contributed by atoms with Crippen LogP contribution in [0.1, 0.15) is 22.5 Å². The Morgan fingerprint density at radius 2 is 1.68 bits per heavy atom. The van der Waals surface area contributed by atoms with Crippen LogP contribution >= 0.6 is 0 Å². The topological polar surface area (TPSA) is 52.3 Å². The van der Waals surface area contributed by atoms with Gasteiger partial charge in [0, 0.05) is 18.0 Å². The number of methoxy groups -OCH3 is 1. The van der Waals surface area contributed by atoms with Gasteiger partial charge >= 0.3 is 12.4 Å². The van der Waals surface area contributed by atoms with Crippen LogP contribution in [-0.4, -0.2) is 26.5 Å². The van der Waals surface area contributed by atoms with Gasteiger partial charge in [0.1, 0.15) is 17.1 Å². The SMILES string of the molecule is COc1cc(C(F)(F)F)cc2c1nc(C)c1c(C(F)(F)F)nc(-c3ccncc3C)n12. The summed E-state index contributed by atoms with van der Waals surface area (Å²) in [5.74, 6) is -0.381. The molecule has 0 radical (unpaired) electrons. The van der Waals surface area contributed by atoms with Crippen molar-refractivity contribution in [3.63, 3.8) is 0 Å².